The average molecular weight is 508 g/mol. The number of halogens is 4. The largest absolute Gasteiger partial charge is 0.416 e. The maximum atomic E-state index is 13.2. The molecule has 1 aliphatic heterocycles. The van der Waals surface area contributed by atoms with E-state index in [9.17, 15) is 32.3 Å². The van der Waals surface area contributed by atoms with Gasteiger partial charge >= 0.3 is 6.18 Å². The highest BCUT2D eigenvalue weighted by Crippen LogP contribution is 2.36. The van der Waals surface area contributed by atoms with Gasteiger partial charge in [0.05, 0.1) is 24.3 Å². The number of alkyl halides is 3. The van der Waals surface area contributed by atoms with Gasteiger partial charge in [-0.15, -0.1) is 0 Å². The molecule has 1 heterocycles. The molecule has 0 bridgehead atoms. The molecule has 1 saturated carbocycles. The first-order valence-electron chi connectivity index (χ1n) is 12.0. The van der Waals surface area contributed by atoms with Crippen molar-refractivity contribution >= 4 is 11.8 Å². The molecule has 2 fully saturated rings. The SMILES string of the molecule is O=C(CNC(=O)c1cccc(C(F)(F)F)c1)NC1CN(C2CCC(c3ccc(F)cc3)CC2)C[C@@H]1O. The fraction of sp³-hybridized carbons (Fsp3) is 0.462. The number of likely N-dealkylation sites (tertiary alicyclic amines) is 1. The highest BCUT2D eigenvalue weighted by Gasteiger charge is 2.37. The molecule has 0 aromatic heterocycles. The molecule has 3 N–H and O–H groups in total. The second-order valence-electron chi connectivity index (χ2n) is 9.51. The first-order chi connectivity index (χ1) is 17.1. The summed E-state index contributed by atoms with van der Waals surface area (Å²) in [5.41, 5.74) is -0.00459. The summed E-state index contributed by atoms with van der Waals surface area (Å²) in [6.07, 6.45) is -1.55. The van der Waals surface area contributed by atoms with E-state index in [2.05, 4.69) is 15.5 Å². The number of nitrogens with zero attached hydrogens (tertiary/aromatic N) is 1. The van der Waals surface area contributed by atoms with Gasteiger partial charge in [-0.3, -0.25) is 14.5 Å². The number of β-amino-alcohol motifs (C(OH)–C–C–N with tert-alkyl or cyclic N) is 1. The Morgan fingerprint density at radius 3 is 2.36 bits per heavy atom. The van der Waals surface area contributed by atoms with Crippen LogP contribution in [-0.2, 0) is 11.0 Å². The Bertz CT molecular complexity index is 1070. The fourth-order valence-electron chi connectivity index (χ4n) is 5.12. The summed E-state index contributed by atoms with van der Waals surface area (Å²) in [5, 5.41) is 15.5. The Morgan fingerprint density at radius 1 is 1.00 bits per heavy atom. The van der Waals surface area contributed by atoms with Crippen LogP contribution in [0, 0.1) is 5.82 Å². The molecular formula is C26H29F4N3O3. The van der Waals surface area contributed by atoms with Gasteiger partial charge in [-0.05, 0) is 67.5 Å². The Balaban J connectivity index is 1.23. The highest BCUT2D eigenvalue weighted by molar-refractivity contribution is 5.96. The average Bonchev–Trinajstić information content (AvgIpc) is 3.22. The molecule has 1 aliphatic carbocycles. The molecule has 2 aromatic carbocycles. The van der Waals surface area contributed by atoms with Crippen LogP contribution in [0.15, 0.2) is 48.5 Å². The monoisotopic (exact) mass is 507 g/mol. The summed E-state index contributed by atoms with van der Waals surface area (Å²) in [4.78, 5) is 26.7. The van der Waals surface area contributed by atoms with Crippen LogP contribution in [0.4, 0.5) is 17.6 Å². The predicted octanol–water partition coefficient (Wildman–Crippen LogP) is 3.46. The molecule has 2 atom stereocenters. The van der Waals surface area contributed by atoms with Crippen molar-refractivity contribution in [3.05, 3.63) is 71.0 Å². The minimum atomic E-state index is -4.57. The van der Waals surface area contributed by atoms with E-state index in [4.69, 9.17) is 0 Å². The van der Waals surface area contributed by atoms with Gasteiger partial charge in [0.2, 0.25) is 5.91 Å². The van der Waals surface area contributed by atoms with Gasteiger partial charge in [-0.1, -0.05) is 18.2 Å². The summed E-state index contributed by atoms with van der Waals surface area (Å²) in [6.45, 7) is 0.481. The lowest BCUT2D eigenvalue weighted by atomic mass is 9.81. The van der Waals surface area contributed by atoms with E-state index in [0.717, 1.165) is 49.4 Å². The molecule has 0 spiro atoms. The van der Waals surface area contributed by atoms with Gasteiger partial charge in [-0.25, -0.2) is 4.39 Å². The smallest absolute Gasteiger partial charge is 0.390 e. The van der Waals surface area contributed by atoms with Crippen LogP contribution in [-0.4, -0.2) is 59.6 Å². The van der Waals surface area contributed by atoms with Crippen LogP contribution in [0.25, 0.3) is 0 Å². The number of carbonyl (C=O) groups excluding carboxylic acids is 2. The maximum absolute atomic E-state index is 13.2. The number of hydrogen-bond donors (Lipinski definition) is 3. The summed E-state index contributed by atoms with van der Waals surface area (Å²) >= 11 is 0. The second kappa shape index (κ2) is 11.0. The van der Waals surface area contributed by atoms with E-state index < -0.39 is 42.2 Å². The topological polar surface area (TPSA) is 81.7 Å². The Kier molecular flexibility index (Phi) is 7.94. The van der Waals surface area contributed by atoms with Crippen molar-refractivity contribution in [3.8, 4) is 0 Å². The molecule has 2 aliphatic rings. The van der Waals surface area contributed by atoms with Crippen LogP contribution >= 0.6 is 0 Å². The standard InChI is InChI=1S/C26H29F4N3O3/c27-20-8-4-16(5-9-20)17-6-10-21(11-7-17)33-14-22(23(34)15-33)32-24(35)13-31-25(36)18-2-1-3-19(12-18)26(28,29)30/h1-5,8-9,12,17,21-23,34H,6-7,10-11,13-15H2,(H,31,36)(H,32,35)/t17?,21?,22?,23-/m0/s1. The molecule has 0 radical (unpaired) electrons. The number of rotatable bonds is 6. The van der Waals surface area contributed by atoms with Crippen molar-refractivity contribution in [3.63, 3.8) is 0 Å². The molecule has 2 amide bonds. The van der Waals surface area contributed by atoms with E-state index in [-0.39, 0.29) is 17.4 Å². The molecule has 36 heavy (non-hydrogen) atoms. The van der Waals surface area contributed by atoms with Crippen LogP contribution in [0.5, 0.6) is 0 Å². The van der Waals surface area contributed by atoms with Gasteiger partial charge in [0, 0.05) is 24.7 Å². The van der Waals surface area contributed by atoms with Crippen LogP contribution in [0.3, 0.4) is 0 Å². The number of benzene rings is 2. The molecule has 1 saturated heterocycles. The molecule has 2 aromatic rings. The summed E-state index contributed by atoms with van der Waals surface area (Å²) in [6, 6.07) is 10.4. The zero-order valence-corrected chi connectivity index (χ0v) is 19.6. The van der Waals surface area contributed by atoms with Crippen molar-refractivity contribution in [2.24, 2.45) is 0 Å². The van der Waals surface area contributed by atoms with E-state index in [1.54, 1.807) is 0 Å². The number of aliphatic hydroxyl groups excluding tert-OH is 1. The number of nitrogens with one attached hydrogen (secondary N) is 2. The van der Waals surface area contributed by atoms with Crippen molar-refractivity contribution in [1.29, 1.82) is 0 Å². The van der Waals surface area contributed by atoms with E-state index >= 15 is 0 Å². The van der Waals surface area contributed by atoms with E-state index in [1.165, 1.54) is 18.2 Å². The van der Waals surface area contributed by atoms with Crippen LogP contribution in [0.2, 0.25) is 0 Å². The third-order valence-corrected chi connectivity index (χ3v) is 7.08. The molecule has 194 valence electrons. The summed E-state index contributed by atoms with van der Waals surface area (Å²) in [7, 11) is 0. The van der Waals surface area contributed by atoms with Gasteiger partial charge in [0.1, 0.15) is 5.82 Å². The number of amides is 2. The Hall–Kier alpha value is -2.98. The Labute approximate surface area is 206 Å². The lowest BCUT2D eigenvalue weighted by Crippen LogP contribution is -2.47. The van der Waals surface area contributed by atoms with Gasteiger partial charge in [0.15, 0.2) is 0 Å². The minimum absolute atomic E-state index is 0.194. The normalized spacial score (nSPS) is 24.9. The van der Waals surface area contributed by atoms with Crippen LogP contribution in [0.1, 0.15) is 53.1 Å². The zero-order chi connectivity index (χ0) is 25.9. The minimum Gasteiger partial charge on any atom is -0.390 e. The van der Waals surface area contributed by atoms with Gasteiger partial charge in [-0.2, -0.15) is 13.2 Å². The molecule has 4 rings (SSSR count). The van der Waals surface area contributed by atoms with E-state index in [0.29, 0.717) is 19.0 Å². The third-order valence-electron chi connectivity index (χ3n) is 7.08. The number of carbonyl (C=O) groups is 2. The number of aliphatic hydroxyl groups is 1. The van der Waals surface area contributed by atoms with Crippen LogP contribution < -0.4 is 10.6 Å². The zero-order valence-electron chi connectivity index (χ0n) is 19.6. The molecule has 10 heteroatoms. The van der Waals surface area contributed by atoms with Gasteiger partial charge in [0.25, 0.3) is 5.91 Å². The van der Waals surface area contributed by atoms with Gasteiger partial charge < -0.3 is 15.7 Å². The summed E-state index contributed by atoms with van der Waals surface area (Å²) in [5.74, 6) is -1.18. The summed E-state index contributed by atoms with van der Waals surface area (Å²) < 4.78 is 51.7. The highest BCUT2D eigenvalue weighted by atomic mass is 19.4. The second-order valence-corrected chi connectivity index (χ2v) is 9.51. The molecular weight excluding hydrogens is 478 g/mol. The van der Waals surface area contributed by atoms with Crippen molar-refractivity contribution in [1.82, 2.24) is 15.5 Å². The Morgan fingerprint density at radius 2 is 1.69 bits per heavy atom. The molecule has 1 unspecified atom stereocenters. The first kappa shape index (κ1) is 26.1. The quantitative estimate of drug-likeness (QED) is 0.524. The first-order valence-corrected chi connectivity index (χ1v) is 12.0. The van der Waals surface area contributed by atoms with Crippen molar-refractivity contribution in [2.75, 3.05) is 19.6 Å². The van der Waals surface area contributed by atoms with Crippen molar-refractivity contribution in [2.45, 2.75) is 56.0 Å². The lowest BCUT2D eigenvalue weighted by Gasteiger charge is -2.34. The predicted molar refractivity (Wildman–Crippen MR) is 125 cm³/mol. The fourth-order valence-corrected chi connectivity index (χ4v) is 5.12. The third kappa shape index (κ3) is 6.41. The van der Waals surface area contributed by atoms with Crippen molar-refractivity contribution < 1.29 is 32.3 Å². The maximum Gasteiger partial charge on any atom is 0.416 e. The lowest BCUT2D eigenvalue weighted by molar-refractivity contribution is -0.137. The molecule has 6 nitrogen and oxygen atoms in total. The van der Waals surface area contributed by atoms with E-state index in [1.807, 2.05) is 12.1 Å². The number of hydrogen-bond acceptors (Lipinski definition) is 4.